The molecule has 1 heterocycles. The zero-order chi connectivity index (χ0) is 12.1. The van der Waals surface area contributed by atoms with E-state index in [1.807, 2.05) is 12.1 Å². The Hall–Kier alpha value is -0.730. The summed E-state index contributed by atoms with van der Waals surface area (Å²) < 4.78 is 5.15. The Bertz CT molecular complexity index is 339. The molecule has 1 aliphatic heterocycles. The summed E-state index contributed by atoms with van der Waals surface area (Å²) in [6.07, 6.45) is 3.49. The quantitative estimate of drug-likeness (QED) is 0.765. The van der Waals surface area contributed by atoms with Gasteiger partial charge >= 0.3 is 0 Å². The maximum atomic E-state index is 6.17. The van der Waals surface area contributed by atoms with Crippen molar-refractivity contribution in [2.24, 2.45) is 0 Å². The molecule has 2 rings (SSSR count). The monoisotopic (exact) mass is 253 g/mol. The molecule has 0 radical (unpaired) electrons. The summed E-state index contributed by atoms with van der Waals surface area (Å²) in [7, 11) is 1.70. The first kappa shape index (κ1) is 12.7. The van der Waals surface area contributed by atoms with Crippen molar-refractivity contribution in [2.75, 3.05) is 26.7 Å². The number of hydrogen-bond donors (Lipinski definition) is 0. The van der Waals surface area contributed by atoms with Crippen LogP contribution >= 0.6 is 11.6 Å². The van der Waals surface area contributed by atoms with Gasteiger partial charge < -0.3 is 9.64 Å². The van der Waals surface area contributed by atoms with E-state index in [2.05, 4.69) is 17.0 Å². The number of hydrogen-bond acceptors (Lipinski definition) is 2. The Labute approximate surface area is 109 Å². The molecule has 17 heavy (non-hydrogen) atoms. The molecule has 0 spiro atoms. The molecule has 3 heteroatoms. The van der Waals surface area contributed by atoms with Crippen molar-refractivity contribution in [1.82, 2.24) is 4.90 Å². The number of ether oxygens (including phenoxy) is 1. The molecule has 1 saturated heterocycles. The fourth-order valence-electron chi connectivity index (χ4n) is 2.28. The summed E-state index contributed by atoms with van der Waals surface area (Å²) in [5.74, 6) is 0.924. The Kier molecular flexibility index (Phi) is 4.69. The lowest BCUT2D eigenvalue weighted by molar-refractivity contribution is 0.235. The van der Waals surface area contributed by atoms with E-state index in [0.717, 1.165) is 25.3 Å². The van der Waals surface area contributed by atoms with Gasteiger partial charge in [0.15, 0.2) is 0 Å². The number of nitrogens with zero attached hydrogens (tertiary/aromatic N) is 1. The summed E-state index contributed by atoms with van der Waals surface area (Å²) in [5.41, 5.74) is 1.36. The predicted molar refractivity (Wildman–Crippen MR) is 72.0 cm³/mol. The second-order valence-corrected chi connectivity index (χ2v) is 5.26. The van der Waals surface area contributed by atoms with E-state index in [0.29, 0.717) is 5.38 Å². The van der Waals surface area contributed by atoms with E-state index in [1.165, 1.54) is 24.9 Å². The molecular weight excluding hydrogens is 234 g/mol. The molecule has 0 aromatic heterocycles. The van der Waals surface area contributed by atoms with E-state index in [1.54, 1.807) is 7.11 Å². The zero-order valence-corrected chi connectivity index (χ0v) is 11.1. The van der Waals surface area contributed by atoms with Gasteiger partial charge in [-0.25, -0.2) is 0 Å². The molecule has 2 nitrogen and oxygen atoms in total. The lowest BCUT2D eigenvalue weighted by atomic mass is 10.1. The van der Waals surface area contributed by atoms with Crippen LogP contribution in [0.2, 0.25) is 0 Å². The van der Waals surface area contributed by atoms with Crippen molar-refractivity contribution < 1.29 is 4.74 Å². The molecule has 94 valence electrons. The van der Waals surface area contributed by atoms with Crippen LogP contribution in [0, 0.1) is 0 Å². The number of piperidine rings is 1. The minimum Gasteiger partial charge on any atom is -0.497 e. The fraction of sp³-hybridized carbons (Fsp3) is 0.571. The standard InChI is InChI=1S/C14H20ClNO/c1-17-14-6-4-12(5-7-14)8-10-16-9-2-3-13(15)11-16/h4-7,13H,2-3,8-11H2,1H3. The molecule has 0 saturated carbocycles. The Balaban J connectivity index is 1.80. The second kappa shape index (κ2) is 6.27. The van der Waals surface area contributed by atoms with Gasteiger partial charge in [0.05, 0.1) is 7.11 Å². The molecule has 1 aliphatic rings. The molecule has 1 unspecified atom stereocenters. The van der Waals surface area contributed by atoms with Gasteiger partial charge in [-0.05, 0) is 43.5 Å². The normalized spacial score (nSPS) is 21.4. The fourth-order valence-corrected chi connectivity index (χ4v) is 2.63. The van der Waals surface area contributed by atoms with Gasteiger partial charge in [0.25, 0.3) is 0 Å². The van der Waals surface area contributed by atoms with Crippen molar-refractivity contribution >= 4 is 11.6 Å². The molecule has 1 aromatic carbocycles. The van der Waals surface area contributed by atoms with Crippen LogP contribution in [0.1, 0.15) is 18.4 Å². The first-order valence-corrected chi connectivity index (χ1v) is 6.71. The van der Waals surface area contributed by atoms with E-state index in [4.69, 9.17) is 16.3 Å². The number of rotatable bonds is 4. The maximum Gasteiger partial charge on any atom is 0.118 e. The number of alkyl halides is 1. The molecule has 1 fully saturated rings. The Morgan fingerprint density at radius 1 is 1.35 bits per heavy atom. The molecule has 0 amide bonds. The summed E-state index contributed by atoms with van der Waals surface area (Å²) in [6.45, 7) is 3.34. The molecule has 0 aliphatic carbocycles. The highest BCUT2D eigenvalue weighted by Crippen LogP contribution is 2.16. The van der Waals surface area contributed by atoms with Gasteiger partial charge in [-0.3, -0.25) is 0 Å². The van der Waals surface area contributed by atoms with Crippen LogP contribution in [0.3, 0.4) is 0 Å². The molecular formula is C14H20ClNO. The van der Waals surface area contributed by atoms with E-state index >= 15 is 0 Å². The van der Waals surface area contributed by atoms with Gasteiger partial charge in [-0.15, -0.1) is 11.6 Å². The highest BCUT2D eigenvalue weighted by Gasteiger charge is 2.16. The summed E-state index contributed by atoms with van der Waals surface area (Å²) in [6, 6.07) is 8.33. The van der Waals surface area contributed by atoms with Gasteiger partial charge in [-0.2, -0.15) is 0 Å². The lowest BCUT2D eigenvalue weighted by Gasteiger charge is -2.29. The van der Waals surface area contributed by atoms with Crippen LogP contribution in [0.25, 0.3) is 0 Å². The van der Waals surface area contributed by atoms with Crippen molar-refractivity contribution in [3.63, 3.8) is 0 Å². The Morgan fingerprint density at radius 2 is 2.12 bits per heavy atom. The number of halogens is 1. The Morgan fingerprint density at radius 3 is 2.76 bits per heavy atom. The lowest BCUT2D eigenvalue weighted by Crippen LogP contribution is -2.37. The van der Waals surface area contributed by atoms with Crippen molar-refractivity contribution in [3.8, 4) is 5.75 Å². The smallest absolute Gasteiger partial charge is 0.118 e. The van der Waals surface area contributed by atoms with Crippen LogP contribution < -0.4 is 4.74 Å². The third-order valence-electron chi connectivity index (χ3n) is 3.32. The van der Waals surface area contributed by atoms with Crippen LogP contribution in [0.5, 0.6) is 5.75 Å². The molecule has 1 aromatic rings. The van der Waals surface area contributed by atoms with E-state index in [-0.39, 0.29) is 0 Å². The zero-order valence-electron chi connectivity index (χ0n) is 10.4. The average molecular weight is 254 g/mol. The van der Waals surface area contributed by atoms with Gasteiger partial charge in [0.1, 0.15) is 5.75 Å². The third kappa shape index (κ3) is 3.90. The summed E-state index contributed by atoms with van der Waals surface area (Å²) >= 11 is 6.17. The SMILES string of the molecule is COc1ccc(CCN2CCCC(Cl)C2)cc1. The topological polar surface area (TPSA) is 12.5 Å². The number of benzene rings is 1. The first-order chi connectivity index (χ1) is 8.28. The predicted octanol–water partition coefficient (Wildman–Crippen LogP) is 2.94. The minimum absolute atomic E-state index is 0.347. The van der Waals surface area contributed by atoms with E-state index in [9.17, 15) is 0 Å². The van der Waals surface area contributed by atoms with Crippen molar-refractivity contribution in [2.45, 2.75) is 24.6 Å². The van der Waals surface area contributed by atoms with Gasteiger partial charge in [-0.1, -0.05) is 12.1 Å². The first-order valence-electron chi connectivity index (χ1n) is 6.27. The van der Waals surface area contributed by atoms with Gasteiger partial charge in [0, 0.05) is 18.5 Å². The highest BCUT2D eigenvalue weighted by molar-refractivity contribution is 6.20. The van der Waals surface area contributed by atoms with Crippen LogP contribution in [-0.4, -0.2) is 37.0 Å². The molecule has 0 bridgehead atoms. The van der Waals surface area contributed by atoms with Crippen LogP contribution in [0.4, 0.5) is 0 Å². The second-order valence-electron chi connectivity index (χ2n) is 4.64. The third-order valence-corrected chi connectivity index (χ3v) is 3.68. The largest absolute Gasteiger partial charge is 0.497 e. The minimum atomic E-state index is 0.347. The average Bonchev–Trinajstić information content (AvgIpc) is 2.37. The summed E-state index contributed by atoms with van der Waals surface area (Å²) in [4.78, 5) is 2.46. The highest BCUT2D eigenvalue weighted by atomic mass is 35.5. The number of methoxy groups -OCH3 is 1. The van der Waals surface area contributed by atoms with Crippen LogP contribution in [0.15, 0.2) is 24.3 Å². The number of likely N-dealkylation sites (tertiary alicyclic amines) is 1. The van der Waals surface area contributed by atoms with Gasteiger partial charge in [0.2, 0.25) is 0 Å². The molecule has 1 atom stereocenters. The summed E-state index contributed by atoms with van der Waals surface area (Å²) in [5, 5.41) is 0.347. The van der Waals surface area contributed by atoms with E-state index < -0.39 is 0 Å². The maximum absolute atomic E-state index is 6.17. The van der Waals surface area contributed by atoms with Crippen molar-refractivity contribution in [3.05, 3.63) is 29.8 Å². The molecule has 0 N–H and O–H groups in total. The van der Waals surface area contributed by atoms with Crippen molar-refractivity contribution in [1.29, 1.82) is 0 Å². The van der Waals surface area contributed by atoms with Crippen LogP contribution in [-0.2, 0) is 6.42 Å².